The van der Waals surface area contributed by atoms with Crippen LogP contribution in [-0.2, 0) is 6.42 Å². The Labute approximate surface area is 153 Å². The number of rotatable bonds is 5. The summed E-state index contributed by atoms with van der Waals surface area (Å²) in [6.07, 6.45) is 2.54. The number of hydrogen-bond donors (Lipinski definition) is 2. The number of benzene rings is 2. The highest BCUT2D eigenvalue weighted by molar-refractivity contribution is 6.03. The average Bonchev–Trinajstić information content (AvgIpc) is 2.61. The molecule has 0 radical (unpaired) electrons. The number of nitrogens with one attached hydrogen (secondary N) is 2. The van der Waals surface area contributed by atoms with E-state index in [-0.39, 0.29) is 5.91 Å². The predicted molar refractivity (Wildman–Crippen MR) is 105 cm³/mol. The maximum absolute atomic E-state index is 12.5. The van der Waals surface area contributed by atoms with Crippen molar-refractivity contribution >= 4 is 23.2 Å². The molecule has 0 aliphatic rings. The van der Waals surface area contributed by atoms with Gasteiger partial charge in [-0.15, -0.1) is 0 Å². The van der Waals surface area contributed by atoms with E-state index >= 15 is 0 Å². The summed E-state index contributed by atoms with van der Waals surface area (Å²) in [7, 11) is 0. The summed E-state index contributed by atoms with van der Waals surface area (Å²) in [5.74, 6) is 0.129. The Morgan fingerprint density at radius 1 is 0.962 bits per heavy atom. The average molecular weight is 346 g/mol. The first-order valence-corrected chi connectivity index (χ1v) is 8.62. The van der Waals surface area contributed by atoms with Crippen LogP contribution in [0.5, 0.6) is 0 Å². The van der Waals surface area contributed by atoms with E-state index in [0.29, 0.717) is 11.6 Å². The lowest BCUT2D eigenvalue weighted by Crippen LogP contribution is -2.14. The summed E-state index contributed by atoms with van der Waals surface area (Å²) in [6, 6.07) is 15.5. The van der Waals surface area contributed by atoms with Crippen LogP contribution in [0, 0.1) is 13.8 Å². The van der Waals surface area contributed by atoms with Gasteiger partial charge in [0.05, 0.1) is 0 Å². The molecule has 0 aliphatic heterocycles. The molecule has 26 heavy (non-hydrogen) atoms. The third-order valence-electron chi connectivity index (χ3n) is 3.99. The summed E-state index contributed by atoms with van der Waals surface area (Å²) in [4.78, 5) is 21.0. The Kier molecular flexibility index (Phi) is 5.27. The molecule has 0 fully saturated rings. The highest BCUT2D eigenvalue weighted by Gasteiger charge is 2.10. The number of carbonyl (C=O) groups is 1. The van der Waals surface area contributed by atoms with Crippen LogP contribution in [0.1, 0.15) is 34.1 Å². The molecular formula is C21H22N4O. The van der Waals surface area contributed by atoms with Crippen LogP contribution in [0.4, 0.5) is 17.3 Å². The van der Waals surface area contributed by atoms with Gasteiger partial charge < -0.3 is 10.6 Å². The maximum Gasteiger partial charge on any atom is 0.274 e. The monoisotopic (exact) mass is 346 g/mol. The van der Waals surface area contributed by atoms with E-state index in [0.717, 1.165) is 28.9 Å². The Hall–Kier alpha value is -3.21. The largest absolute Gasteiger partial charge is 0.324 e. The lowest BCUT2D eigenvalue weighted by Gasteiger charge is -2.09. The van der Waals surface area contributed by atoms with E-state index in [1.807, 2.05) is 50.2 Å². The van der Waals surface area contributed by atoms with Gasteiger partial charge in [0.25, 0.3) is 5.91 Å². The number of anilines is 3. The van der Waals surface area contributed by atoms with Crippen molar-refractivity contribution in [3.8, 4) is 0 Å². The fourth-order valence-electron chi connectivity index (χ4n) is 2.74. The van der Waals surface area contributed by atoms with Crippen molar-refractivity contribution < 1.29 is 4.79 Å². The molecule has 1 aromatic heterocycles. The summed E-state index contributed by atoms with van der Waals surface area (Å²) < 4.78 is 0. The molecule has 5 nitrogen and oxygen atoms in total. The minimum Gasteiger partial charge on any atom is -0.324 e. The smallest absolute Gasteiger partial charge is 0.274 e. The van der Waals surface area contributed by atoms with Crippen molar-refractivity contribution in [2.45, 2.75) is 27.2 Å². The van der Waals surface area contributed by atoms with Gasteiger partial charge in [-0.2, -0.15) is 0 Å². The minimum atomic E-state index is -0.264. The van der Waals surface area contributed by atoms with Crippen LogP contribution in [0.25, 0.3) is 0 Å². The molecule has 0 aliphatic carbocycles. The van der Waals surface area contributed by atoms with Crippen molar-refractivity contribution in [3.05, 3.63) is 77.1 Å². The lowest BCUT2D eigenvalue weighted by molar-refractivity contribution is 0.102. The van der Waals surface area contributed by atoms with Crippen molar-refractivity contribution in [2.24, 2.45) is 0 Å². The first kappa shape index (κ1) is 17.6. The number of carbonyl (C=O) groups excluding carboxylic acids is 1. The standard InChI is InChI=1S/C21H22N4O/c1-4-16-5-7-17(8-6-16)23-20(26)19-9-10-22-21(25-19)24-18-12-14(2)11-15(3)13-18/h5-13H,4H2,1-3H3,(H,23,26)(H,22,24,25). The van der Waals surface area contributed by atoms with Gasteiger partial charge in [0.15, 0.2) is 0 Å². The predicted octanol–water partition coefficient (Wildman–Crippen LogP) is 4.65. The lowest BCUT2D eigenvalue weighted by atomic mass is 10.1. The molecule has 2 aromatic carbocycles. The number of amides is 1. The Morgan fingerprint density at radius 2 is 1.65 bits per heavy atom. The molecule has 0 unspecified atom stereocenters. The van der Waals surface area contributed by atoms with Gasteiger partial charge in [-0.25, -0.2) is 9.97 Å². The van der Waals surface area contributed by atoms with Crippen molar-refractivity contribution in [1.29, 1.82) is 0 Å². The van der Waals surface area contributed by atoms with E-state index < -0.39 is 0 Å². The zero-order chi connectivity index (χ0) is 18.5. The fourth-order valence-corrected chi connectivity index (χ4v) is 2.74. The molecule has 1 amide bonds. The second kappa shape index (κ2) is 7.78. The van der Waals surface area contributed by atoms with E-state index in [9.17, 15) is 4.79 Å². The third kappa shape index (κ3) is 4.45. The third-order valence-corrected chi connectivity index (χ3v) is 3.99. The summed E-state index contributed by atoms with van der Waals surface area (Å²) in [6.45, 7) is 6.16. The van der Waals surface area contributed by atoms with Crippen LogP contribution in [0.3, 0.4) is 0 Å². The molecular weight excluding hydrogens is 324 g/mol. The molecule has 132 valence electrons. The van der Waals surface area contributed by atoms with Crippen LogP contribution in [0.2, 0.25) is 0 Å². The fraction of sp³-hybridized carbons (Fsp3) is 0.190. The van der Waals surface area contributed by atoms with Crippen molar-refractivity contribution in [3.63, 3.8) is 0 Å². The highest BCUT2D eigenvalue weighted by atomic mass is 16.1. The SMILES string of the molecule is CCc1ccc(NC(=O)c2ccnc(Nc3cc(C)cc(C)c3)n2)cc1. The quantitative estimate of drug-likeness (QED) is 0.705. The Bertz CT molecular complexity index is 899. The second-order valence-electron chi connectivity index (χ2n) is 6.27. The Morgan fingerprint density at radius 3 is 2.31 bits per heavy atom. The van der Waals surface area contributed by atoms with Gasteiger partial charge in [0, 0.05) is 17.6 Å². The highest BCUT2D eigenvalue weighted by Crippen LogP contribution is 2.17. The minimum absolute atomic E-state index is 0.264. The number of hydrogen-bond acceptors (Lipinski definition) is 4. The van der Waals surface area contributed by atoms with Gasteiger partial charge in [0.1, 0.15) is 5.69 Å². The molecule has 0 bridgehead atoms. The van der Waals surface area contributed by atoms with Crippen LogP contribution >= 0.6 is 0 Å². The summed E-state index contributed by atoms with van der Waals surface area (Å²) >= 11 is 0. The molecule has 2 N–H and O–H groups in total. The molecule has 3 aromatic rings. The molecule has 0 atom stereocenters. The second-order valence-corrected chi connectivity index (χ2v) is 6.27. The number of nitrogens with zero attached hydrogens (tertiary/aromatic N) is 2. The number of aromatic nitrogens is 2. The van der Waals surface area contributed by atoms with Gasteiger partial charge in [0.2, 0.25) is 5.95 Å². The molecule has 3 rings (SSSR count). The van der Waals surface area contributed by atoms with Gasteiger partial charge in [-0.05, 0) is 67.3 Å². The van der Waals surface area contributed by atoms with Crippen molar-refractivity contribution in [2.75, 3.05) is 10.6 Å². The normalized spacial score (nSPS) is 10.4. The van der Waals surface area contributed by atoms with Crippen LogP contribution < -0.4 is 10.6 Å². The van der Waals surface area contributed by atoms with Crippen LogP contribution in [-0.4, -0.2) is 15.9 Å². The first-order chi connectivity index (χ1) is 12.5. The topological polar surface area (TPSA) is 66.9 Å². The molecule has 5 heteroatoms. The van der Waals surface area contributed by atoms with E-state index in [1.165, 1.54) is 5.56 Å². The van der Waals surface area contributed by atoms with E-state index in [1.54, 1.807) is 12.3 Å². The van der Waals surface area contributed by atoms with Gasteiger partial charge in [-0.1, -0.05) is 25.1 Å². The van der Waals surface area contributed by atoms with Gasteiger partial charge >= 0.3 is 0 Å². The van der Waals surface area contributed by atoms with E-state index in [2.05, 4.69) is 33.6 Å². The molecule has 0 saturated carbocycles. The maximum atomic E-state index is 12.5. The molecule has 0 spiro atoms. The first-order valence-electron chi connectivity index (χ1n) is 8.62. The zero-order valence-electron chi connectivity index (χ0n) is 15.2. The van der Waals surface area contributed by atoms with Crippen LogP contribution in [0.15, 0.2) is 54.7 Å². The zero-order valence-corrected chi connectivity index (χ0v) is 15.2. The molecule has 1 heterocycles. The summed E-state index contributed by atoms with van der Waals surface area (Å²) in [5.41, 5.74) is 5.48. The Balaban J connectivity index is 1.74. The van der Waals surface area contributed by atoms with E-state index in [4.69, 9.17) is 0 Å². The van der Waals surface area contributed by atoms with Gasteiger partial charge in [-0.3, -0.25) is 4.79 Å². The molecule has 0 saturated heterocycles. The summed E-state index contributed by atoms with van der Waals surface area (Å²) in [5, 5.41) is 6.02. The van der Waals surface area contributed by atoms with Crippen molar-refractivity contribution in [1.82, 2.24) is 9.97 Å². The number of aryl methyl sites for hydroxylation is 3.